The lowest BCUT2D eigenvalue weighted by molar-refractivity contribution is 0.194. The quantitative estimate of drug-likeness (QED) is 0.311. The van der Waals surface area contributed by atoms with Crippen molar-refractivity contribution in [3.63, 3.8) is 0 Å². The van der Waals surface area contributed by atoms with Gasteiger partial charge in [0.15, 0.2) is 0 Å². The molecule has 6 heteroatoms. The van der Waals surface area contributed by atoms with Crippen LogP contribution in [0.3, 0.4) is 0 Å². The van der Waals surface area contributed by atoms with Crippen molar-refractivity contribution in [3.8, 4) is 0 Å². The number of nitrogens with two attached hydrogens (primary N) is 1. The molecular weight excluding hydrogens is 220 g/mol. The first-order valence-corrected chi connectivity index (χ1v) is 6.35. The van der Waals surface area contributed by atoms with Crippen LogP contribution in [0.5, 0.6) is 0 Å². The molecule has 1 amide bonds. The van der Waals surface area contributed by atoms with Crippen LogP contribution in [-0.2, 0) is 0 Å². The largest absolute Gasteiger partial charge is 0.465 e. The Kier molecular flexibility index (Phi) is 12.6. The molecule has 0 saturated carbocycles. The number of hydrogen-bond donors (Lipinski definition) is 5. The van der Waals surface area contributed by atoms with Crippen LogP contribution in [-0.4, -0.2) is 50.5 Å². The third-order valence-electron chi connectivity index (χ3n) is 2.32. The Hall–Kier alpha value is -0.850. The molecule has 0 rings (SSSR count). The summed E-state index contributed by atoms with van der Waals surface area (Å²) in [6, 6.07) is 0. The van der Waals surface area contributed by atoms with Gasteiger partial charge < -0.3 is 26.8 Å². The predicted molar refractivity (Wildman–Crippen MR) is 69.3 cm³/mol. The second-order valence-electron chi connectivity index (χ2n) is 3.93. The van der Waals surface area contributed by atoms with E-state index in [1.54, 1.807) is 0 Å². The molecule has 6 N–H and O–H groups in total. The molecule has 0 bridgehead atoms. The van der Waals surface area contributed by atoms with Crippen LogP contribution < -0.4 is 21.7 Å². The highest BCUT2D eigenvalue weighted by Crippen LogP contribution is 1.85. The van der Waals surface area contributed by atoms with E-state index in [1.165, 1.54) is 0 Å². The molecule has 0 spiro atoms. The molecule has 6 nitrogen and oxygen atoms in total. The van der Waals surface area contributed by atoms with Gasteiger partial charge in [-0.15, -0.1) is 0 Å². The molecule has 0 aliphatic heterocycles. The van der Waals surface area contributed by atoms with Gasteiger partial charge in [-0.3, -0.25) is 0 Å². The van der Waals surface area contributed by atoms with E-state index in [0.29, 0.717) is 6.54 Å². The molecule has 0 aliphatic rings. The van der Waals surface area contributed by atoms with E-state index in [9.17, 15) is 4.79 Å². The summed E-state index contributed by atoms with van der Waals surface area (Å²) in [6.45, 7) is 5.17. The molecule has 0 aliphatic carbocycles. The fourth-order valence-electron chi connectivity index (χ4n) is 1.39. The van der Waals surface area contributed by atoms with Crippen molar-refractivity contribution in [2.75, 3.05) is 39.3 Å². The van der Waals surface area contributed by atoms with Gasteiger partial charge in [-0.25, -0.2) is 4.79 Å². The normalized spacial score (nSPS) is 10.4. The van der Waals surface area contributed by atoms with Crippen LogP contribution in [0.2, 0.25) is 0 Å². The molecule has 0 aromatic heterocycles. The van der Waals surface area contributed by atoms with E-state index in [1.807, 2.05) is 0 Å². The minimum Gasteiger partial charge on any atom is -0.465 e. The number of nitrogens with one attached hydrogen (secondary N) is 3. The molecule has 0 heterocycles. The third kappa shape index (κ3) is 15.1. The summed E-state index contributed by atoms with van der Waals surface area (Å²) in [5, 5.41) is 17.3. The van der Waals surface area contributed by atoms with Gasteiger partial charge in [0.1, 0.15) is 0 Å². The zero-order valence-corrected chi connectivity index (χ0v) is 10.5. The van der Waals surface area contributed by atoms with Crippen LogP contribution in [0.25, 0.3) is 0 Å². The average molecular weight is 246 g/mol. The molecule has 0 saturated heterocycles. The van der Waals surface area contributed by atoms with Gasteiger partial charge >= 0.3 is 6.09 Å². The Bertz CT molecular complexity index is 179. The number of rotatable bonds is 12. The zero-order chi connectivity index (χ0) is 12.8. The molecule has 17 heavy (non-hydrogen) atoms. The fraction of sp³-hybridized carbons (Fsp3) is 0.909. The Morgan fingerprint density at radius 2 is 1.41 bits per heavy atom. The van der Waals surface area contributed by atoms with Gasteiger partial charge in [-0.05, 0) is 58.4 Å². The topological polar surface area (TPSA) is 99.4 Å². The van der Waals surface area contributed by atoms with Crippen LogP contribution in [0.1, 0.15) is 25.7 Å². The van der Waals surface area contributed by atoms with Crippen molar-refractivity contribution >= 4 is 6.09 Å². The molecular formula is C11H26N4O2. The summed E-state index contributed by atoms with van der Waals surface area (Å²) < 4.78 is 0. The van der Waals surface area contributed by atoms with Crippen LogP contribution in [0.4, 0.5) is 4.79 Å². The van der Waals surface area contributed by atoms with Gasteiger partial charge in [0.2, 0.25) is 0 Å². The van der Waals surface area contributed by atoms with Gasteiger partial charge in [0.25, 0.3) is 0 Å². The Morgan fingerprint density at radius 1 is 0.882 bits per heavy atom. The van der Waals surface area contributed by atoms with Crippen LogP contribution in [0, 0.1) is 0 Å². The molecule has 0 atom stereocenters. The summed E-state index contributed by atoms with van der Waals surface area (Å²) >= 11 is 0. The maximum absolute atomic E-state index is 10.1. The standard InChI is InChI=1S/C11H26N4O2/c12-5-3-8-13-6-1-2-7-14-9-4-10-15-11(16)17/h13-15H,1-10,12H2,(H,16,17). The Balaban J connectivity index is 2.91. The predicted octanol–water partition coefficient (Wildman–Crippen LogP) is -0.0477. The lowest BCUT2D eigenvalue weighted by Gasteiger charge is -2.05. The van der Waals surface area contributed by atoms with Crippen molar-refractivity contribution in [3.05, 3.63) is 0 Å². The minimum absolute atomic E-state index is 0.517. The van der Waals surface area contributed by atoms with Crippen molar-refractivity contribution in [1.82, 2.24) is 16.0 Å². The van der Waals surface area contributed by atoms with Crippen molar-refractivity contribution in [2.24, 2.45) is 5.73 Å². The van der Waals surface area contributed by atoms with E-state index in [0.717, 1.165) is 58.4 Å². The summed E-state index contributed by atoms with van der Waals surface area (Å²) in [6.07, 6.45) is 3.22. The zero-order valence-electron chi connectivity index (χ0n) is 10.5. The number of hydrogen-bond acceptors (Lipinski definition) is 4. The lowest BCUT2D eigenvalue weighted by atomic mass is 10.3. The second kappa shape index (κ2) is 13.2. The molecule has 102 valence electrons. The van der Waals surface area contributed by atoms with E-state index in [4.69, 9.17) is 10.8 Å². The molecule has 0 aromatic carbocycles. The average Bonchev–Trinajstić information content (AvgIpc) is 2.30. The Labute approximate surface area is 103 Å². The highest BCUT2D eigenvalue weighted by molar-refractivity contribution is 5.64. The van der Waals surface area contributed by atoms with Crippen molar-refractivity contribution < 1.29 is 9.90 Å². The summed E-state index contributed by atoms with van der Waals surface area (Å²) in [4.78, 5) is 10.1. The molecule has 0 radical (unpaired) electrons. The summed E-state index contributed by atoms with van der Waals surface area (Å²) in [7, 11) is 0. The number of carboxylic acid groups (broad SMARTS) is 1. The third-order valence-corrected chi connectivity index (χ3v) is 2.32. The number of carbonyl (C=O) groups is 1. The van der Waals surface area contributed by atoms with Gasteiger partial charge in [-0.1, -0.05) is 0 Å². The molecule has 0 fully saturated rings. The van der Waals surface area contributed by atoms with E-state index >= 15 is 0 Å². The van der Waals surface area contributed by atoms with Crippen molar-refractivity contribution in [2.45, 2.75) is 25.7 Å². The maximum Gasteiger partial charge on any atom is 0.404 e. The smallest absolute Gasteiger partial charge is 0.404 e. The van der Waals surface area contributed by atoms with Gasteiger partial charge in [0.05, 0.1) is 0 Å². The van der Waals surface area contributed by atoms with Crippen LogP contribution in [0.15, 0.2) is 0 Å². The van der Waals surface area contributed by atoms with E-state index < -0.39 is 6.09 Å². The first-order valence-electron chi connectivity index (χ1n) is 6.35. The lowest BCUT2D eigenvalue weighted by Crippen LogP contribution is -2.26. The molecule has 0 aromatic rings. The van der Waals surface area contributed by atoms with Crippen molar-refractivity contribution in [1.29, 1.82) is 0 Å². The summed E-state index contributed by atoms with van der Waals surface area (Å²) in [5.74, 6) is 0. The number of unbranched alkanes of at least 4 members (excludes halogenated alkanes) is 1. The highest BCUT2D eigenvalue weighted by Gasteiger charge is 1.93. The maximum atomic E-state index is 10.1. The first kappa shape index (κ1) is 16.1. The van der Waals surface area contributed by atoms with Crippen LogP contribution >= 0.6 is 0 Å². The number of amides is 1. The molecule has 0 unspecified atom stereocenters. The monoisotopic (exact) mass is 246 g/mol. The fourth-order valence-corrected chi connectivity index (χ4v) is 1.39. The summed E-state index contributed by atoms with van der Waals surface area (Å²) in [5.41, 5.74) is 5.38. The minimum atomic E-state index is -0.950. The van der Waals surface area contributed by atoms with E-state index in [2.05, 4.69) is 16.0 Å². The van der Waals surface area contributed by atoms with E-state index in [-0.39, 0.29) is 0 Å². The van der Waals surface area contributed by atoms with Gasteiger partial charge in [-0.2, -0.15) is 0 Å². The highest BCUT2D eigenvalue weighted by atomic mass is 16.4. The first-order chi connectivity index (χ1) is 8.27. The Morgan fingerprint density at radius 3 is 1.94 bits per heavy atom. The second-order valence-corrected chi connectivity index (χ2v) is 3.93. The SMILES string of the molecule is NCCCNCCCCNCCCNC(=O)O. The van der Waals surface area contributed by atoms with Gasteiger partial charge in [0, 0.05) is 6.54 Å².